The van der Waals surface area contributed by atoms with Crippen molar-refractivity contribution in [2.75, 3.05) is 6.54 Å². The zero-order valence-corrected chi connectivity index (χ0v) is 12.5. The predicted molar refractivity (Wildman–Crippen MR) is 81.1 cm³/mol. The molecule has 0 saturated heterocycles. The van der Waals surface area contributed by atoms with E-state index in [0.29, 0.717) is 5.92 Å². The van der Waals surface area contributed by atoms with Crippen LogP contribution in [0.5, 0.6) is 0 Å². The Bertz CT molecular complexity index is 592. The van der Waals surface area contributed by atoms with Crippen LogP contribution in [-0.2, 0) is 26.1 Å². The van der Waals surface area contributed by atoms with E-state index in [1.54, 1.807) is 0 Å². The van der Waals surface area contributed by atoms with Crippen LogP contribution in [0.15, 0.2) is 18.5 Å². The average molecular weight is 285 g/mol. The van der Waals surface area contributed by atoms with Crippen molar-refractivity contribution in [1.29, 1.82) is 0 Å². The molecule has 3 heterocycles. The maximum Gasteiger partial charge on any atom is 0.112 e. The van der Waals surface area contributed by atoms with Gasteiger partial charge in [-0.25, -0.2) is 4.98 Å². The highest BCUT2D eigenvalue weighted by Gasteiger charge is 2.26. The fourth-order valence-electron chi connectivity index (χ4n) is 3.77. The molecule has 2 aromatic heterocycles. The van der Waals surface area contributed by atoms with Gasteiger partial charge in [-0.05, 0) is 18.9 Å². The Morgan fingerprint density at radius 2 is 2.14 bits per heavy atom. The molecular weight excluding hydrogens is 262 g/mol. The van der Waals surface area contributed by atoms with Crippen molar-refractivity contribution >= 4 is 0 Å². The molecule has 1 fully saturated rings. The monoisotopic (exact) mass is 285 g/mol. The molecule has 5 nitrogen and oxygen atoms in total. The maximum atomic E-state index is 5.00. The highest BCUT2D eigenvalue weighted by Crippen LogP contribution is 2.35. The van der Waals surface area contributed by atoms with Gasteiger partial charge in [0.1, 0.15) is 5.82 Å². The van der Waals surface area contributed by atoms with E-state index < -0.39 is 0 Å². The molecule has 1 aliphatic carbocycles. The Morgan fingerprint density at radius 3 is 2.95 bits per heavy atom. The van der Waals surface area contributed by atoms with E-state index in [-0.39, 0.29) is 0 Å². The van der Waals surface area contributed by atoms with E-state index >= 15 is 0 Å². The summed E-state index contributed by atoms with van der Waals surface area (Å²) in [5, 5.41) is 7.77. The molecule has 0 bridgehead atoms. The SMILES string of the molecule is c1cnn(CCn2c(C3CCCC3)nc3c2CCNC3)c1. The second-order valence-corrected chi connectivity index (χ2v) is 6.19. The van der Waals surface area contributed by atoms with E-state index in [0.717, 1.165) is 32.6 Å². The lowest BCUT2D eigenvalue weighted by Crippen LogP contribution is -2.25. The van der Waals surface area contributed by atoms with Gasteiger partial charge >= 0.3 is 0 Å². The van der Waals surface area contributed by atoms with Gasteiger partial charge < -0.3 is 9.88 Å². The highest BCUT2D eigenvalue weighted by molar-refractivity contribution is 5.22. The number of nitrogens with zero attached hydrogens (tertiary/aromatic N) is 4. The van der Waals surface area contributed by atoms with Gasteiger partial charge in [-0.15, -0.1) is 0 Å². The molecule has 0 unspecified atom stereocenters. The summed E-state index contributed by atoms with van der Waals surface area (Å²) in [5.41, 5.74) is 2.74. The van der Waals surface area contributed by atoms with Gasteiger partial charge in [0.05, 0.1) is 12.2 Å². The Balaban J connectivity index is 1.63. The second-order valence-electron chi connectivity index (χ2n) is 6.19. The van der Waals surface area contributed by atoms with Crippen LogP contribution in [0, 0.1) is 0 Å². The average Bonchev–Trinajstić information content (AvgIpc) is 3.25. The van der Waals surface area contributed by atoms with Crippen molar-refractivity contribution in [3.05, 3.63) is 35.7 Å². The van der Waals surface area contributed by atoms with Crippen molar-refractivity contribution in [3.63, 3.8) is 0 Å². The third kappa shape index (κ3) is 2.50. The summed E-state index contributed by atoms with van der Waals surface area (Å²) in [6.45, 7) is 3.94. The molecule has 0 aromatic carbocycles. The Hall–Kier alpha value is -1.62. The van der Waals surface area contributed by atoms with Gasteiger partial charge in [-0.1, -0.05) is 12.8 Å². The Morgan fingerprint density at radius 1 is 1.24 bits per heavy atom. The molecular formula is C16H23N5. The van der Waals surface area contributed by atoms with Crippen LogP contribution < -0.4 is 5.32 Å². The van der Waals surface area contributed by atoms with E-state index in [9.17, 15) is 0 Å². The minimum Gasteiger partial charge on any atom is -0.330 e. The Kier molecular flexibility index (Phi) is 3.51. The van der Waals surface area contributed by atoms with Crippen LogP contribution in [-0.4, -0.2) is 25.9 Å². The van der Waals surface area contributed by atoms with Crippen LogP contribution >= 0.6 is 0 Å². The van der Waals surface area contributed by atoms with Crippen molar-refractivity contribution < 1.29 is 0 Å². The van der Waals surface area contributed by atoms with E-state index in [1.165, 1.54) is 42.9 Å². The molecule has 1 aliphatic heterocycles. The van der Waals surface area contributed by atoms with Crippen LogP contribution in [0.1, 0.15) is 48.8 Å². The van der Waals surface area contributed by atoms with Crippen molar-refractivity contribution in [1.82, 2.24) is 24.6 Å². The number of aromatic nitrogens is 4. The molecule has 4 rings (SSSR count). The number of aryl methyl sites for hydroxylation is 1. The summed E-state index contributed by atoms with van der Waals surface area (Å²) in [6, 6.07) is 1.99. The van der Waals surface area contributed by atoms with Gasteiger partial charge in [0.2, 0.25) is 0 Å². The third-order valence-electron chi connectivity index (χ3n) is 4.85. The quantitative estimate of drug-likeness (QED) is 0.935. The number of hydrogen-bond acceptors (Lipinski definition) is 3. The number of rotatable bonds is 4. The predicted octanol–water partition coefficient (Wildman–Crippen LogP) is 2.08. The third-order valence-corrected chi connectivity index (χ3v) is 4.85. The molecule has 2 aliphatic rings. The van der Waals surface area contributed by atoms with Gasteiger partial charge in [0, 0.05) is 50.1 Å². The molecule has 112 valence electrons. The molecule has 0 amide bonds. The number of hydrogen-bond donors (Lipinski definition) is 1. The molecule has 0 radical (unpaired) electrons. The highest BCUT2D eigenvalue weighted by atomic mass is 15.3. The van der Waals surface area contributed by atoms with Crippen molar-refractivity contribution in [2.24, 2.45) is 0 Å². The smallest absolute Gasteiger partial charge is 0.112 e. The number of imidazole rings is 1. The van der Waals surface area contributed by atoms with Crippen molar-refractivity contribution in [3.8, 4) is 0 Å². The molecule has 21 heavy (non-hydrogen) atoms. The minimum absolute atomic E-state index is 0.674. The fourth-order valence-corrected chi connectivity index (χ4v) is 3.77. The van der Waals surface area contributed by atoms with Gasteiger partial charge in [-0.3, -0.25) is 4.68 Å². The molecule has 5 heteroatoms. The summed E-state index contributed by atoms with van der Waals surface area (Å²) in [6.07, 6.45) is 10.3. The van der Waals surface area contributed by atoms with E-state index in [2.05, 4.69) is 15.0 Å². The zero-order valence-electron chi connectivity index (χ0n) is 12.5. The van der Waals surface area contributed by atoms with Gasteiger partial charge in [0.25, 0.3) is 0 Å². The summed E-state index contributed by atoms with van der Waals surface area (Å²) >= 11 is 0. The molecule has 1 saturated carbocycles. The lowest BCUT2D eigenvalue weighted by Gasteiger charge is -2.18. The lowest BCUT2D eigenvalue weighted by molar-refractivity contribution is 0.485. The summed E-state index contributed by atoms with van der Waals surface area (Å²) in [5.74, 6) is 2.02. The summed E-state index contributed by atoms with van der Waals surface area (Å²) in [4.78, 5) is 5.00. The standard InChI is InChI=1S/C16H23N5/c1-2-5-13(4-1)16-19-14-12-17-8-6-15(14)21(16)11-10-20-9-3-7-18-20/h3,7,9,13,17H,1-2,4-6,8,10-12H2. The van der Waals surface area contributed by atoms with Crippen LogP contribution in [0.4, 0.5) is 0 Å². The summed E-state index contributed by atoms with van der Waals surface area (Å²) in [7, 11) is 0. The normalized spacial score (nSPS) is 19.0. The van der Waals surface area contributed by atoms with Crippen LogP contribution in [0.2, 0.25) is 0 Å². The molecule has 2 aromatic rings. The van der Waals surface area contributed by atoms with Gasteiger partial charge in [0.15, 0.2) is 0 Å². The van der Waals surface area contributed by atoms with E-state index in [4.69, 9.17) is 4.98 Å². The largest absolute Gasteiger partial charge is 0.330 e. The Labute approximate surface area is 125 Å². The number of nitrogens with one attached hydrogen (secondary N) is 1. The van der Waals surface area contributed by atoms with E-state index in [1.807, 2.05) is 23.1 Å². The van der Waals surface area contributed by atoms with Crippen LogP contribution in [0.25, 0.3) is 0 Å². The zero-order chi connectivity index (χ0) is 14.1. The fraction of sp³-hybridized carbons (Fsp3) is 0.625. The summed E-state index contributed by atoms with van der Waals surface area (Å²) < 4.78 is 4.53. The van der Waals surface area contributed by atoms with Crippen LogP contribution in [0.3, 0.4) is 0 Å². The van der Waals surface area contributed by atoms with Crippen molar-refractivity contribution in [2.45, 2.75) is 57.7 Å². The van der Waals surface area contributed by atoms with Gasteiger partial charge in [-0.2, -0.15) is 5.10 Å². The first-order valence-electron chi connectivity index (χ1n) is 8.18. The first-order valence-corrected chi connectivity index (χ1v) is 8.18. The molecule has 0 spiro atoms. The molecule has 1 N–H and O–H groups in total. The first kappa shape index (κ1) is 13.1. The maximum absolute atomic E-state index is 5.00. The first-order chi connectivity index (χ1) is 10.4. The second kappa shape index (κ2) is 5.64. The molecule has 0 atom stereocenters. The topological polar surface area (TPSA) is 47.7 Å². The number of fused-ring (bicyclic) bond motifs is 1. The minimum atomic E-state index is 0.674. The lowest BCUT2D eigenvalue weighted by atomic mass is 10.1.